The molecular weight excluding hydrogens is 172 g/mol. The minimum atomic E-state index is -0.388. The van der Waals surface area contributed by atoms with Crippen LogP contribution in [-0.4, -0.2) is 34.3 Å². The third kappa shape index (κ3) is 2.85. The van der Waals surface area contributed by atoms with E-state index in [0.717, 1.165) is 0 Å². The highest BCUT2D eigenvalue weighted by molar-refractivity contribution is 5.30. The Hall–Kier alpha value is -1.40. The summed E-state index contributed by atoms with van der Waals surface area (Å²) in [5, 5.41) is 11.3. The van der Waals surface area contributed by atoms with E-state index in [9.17, 15) is 4.79 Å². The molecular formula is C7H12N4O2. The second-order valence-electron chi connectivity index (χ2n) is 2.59. The van der Waals surface area contributed by atoms with E-state index >= 15 is 0 Å². The maximum Gasteiger partial charge on any atom is 0.290 e. The molecule has 0 aliphatic rings. The van der Waals surface area contributed by atoms with Crippen LogP contribution in [0.5, 0.6) is 0 Å². The van der Waals surface area contributed by atoms with Crippen molar-refractivity contribution in [2.45, 2.75) is 6.04 Å². The van der Waals surface area contributed by atoms with Crippen LogP contribution in [0.15, 0.2) is 17.2 Å². The van der Waals surface area contributed by atoms with E-state index in [4.69, 9.17) is 10.8 Å². The summed E-state index contributed by atoms with van der Waals surface area (Å²) >= 11 is 0. The van der Waals surface area contributed by atoms with Crippen LogP contribution in [0.1, 0.15) is 0 Å². The van der Waals surface area contributed by atoms with Gasteiger partial charge in [-0.15, -0.1) is 0 Å². The fourth-order valence-corrected chi connectivity index (χ4v) is 0.770. The van der Waals surface area contributed by atoms with Crippen molar-refractivity contribution in [1.29, 1.82) is 0 Å². The van der Waals surface area contributed by atoms with E-state index < -0.39 is 0 Å². The number of nitrogens with zero attached hydrogens (tertiary/aromatic N) is 1. The topological polar surface area (TPSA) is 104 Å². The summed E-state index contributed by atoms with van der Waals surface area (Å²) in [6, 6.07) is -0.388. The highest BCUT2D eigenvalue weighted by Crippen LogP contribution is 1.89. The van der Waals surface area contributed by atoms with Crippen molar-refractivity contribution in [3.8, 4) is 0 Å². The van der Waals surface area contributed by atoms with Gasteiger partial charge in [0.25, 0.3) is 5.56 Å². The molecule has 0 amide bonds. The number of aromatic amines is 1. The van der Waals surface area contributed by atoms with Crippen LogP contribution in [0.2, 0.25) is 0 Å². The second-order valence-corrected chi connectivity index (χ2v) is 2.59. The maximum absolute atomic E-state index is 11.0. The molecule has 0 saturated carbocycles. The third-order valence-corrected chi connectivity index (χ3v) is 1.47. The summed E-state index contributed by atoms with van der Waals surface area (Å²) in [6.45, 7) is 0.189. The first kappa shape index (κ1) is 9.69. The fraction of sp³-hybridized carbons (Fsp3) is 0.429. The van der Waals surface area contributed by atoms with Gasteiger partial charge in [0.1, 0.15) is 0 Å². The van der Waals surface area contributed by atoms with E-state index in [0.29, 0.717) is 6.54 Å². The van der Waals surface area contributed by atoms with Gasteiger partial charge in [-0.25, -0.2) is 4.98 Å². The lowest BCUT2D eigenvalue weighted by atomic mass is 10.3. The van der Waals surface area contributed by atoms with E-state index in [2.05, 4.69) is 15.3 Å². The monoisotopic (exact) mass is 184 g/mol. The molecule has 0 fully saturated rings. The Morgan fingerprint density at radius 1 is 1.77 bits per heavy atom. The first-order valence-electron chi connectivity index (χ1n) is 3.88. The quantitative estimate of drug-likeness (QED) is 0.456. The van der Waals surface area contributed by atoms with Crippen LogP contribution < -0.4 is 16.6 Å². The lowest BCUT2D eigenvalue weighted by Crippen LogP contribution is -2.34. The van der Waals surface area contributed by atoms with Crippen molar-refractivity contribution in [1.82, 2.24) is 9.97 Å². The number of nitrogens with one attached hydrogen (secondary N) is 2. The van der Waals surface area contributed by atoms with Gasteiger partial charge in [0.15, 0.2) is 5.82 Å². The average Bonchev–Trinajstić information content (AvgIpc) is 2.16. The Kier molecular flexibility index (Phi) is 3.41. The predicted octanol–water partition coefficient (Wildman–Crippen LogP) is -1.50. The lowest BCUT2D eigenvalue weighted by Gasteiger charge is -2.08. The smallest absolute Gasteiger partial charge is 0.290 e. The van der Waals surface area contributed by atoms with Crippen molar-refractivity contribution in [3.63, 3.8) is 0 Å². The SMILES string of the molecule is NC(CO)CNc1ncc[nH]c1=O. The Morgan fingerprint density at radius 2 is 2.54 bits per heavy atom. The summed E-state index contributed by atoms with van der Waals surface area (Å²) in [5.74, 6) is 0.214. The zero-order valence-corrected chi connectivity index (χ0v) is 7.03. The summed E-state index contributed by atoms with van der Waals surface area (Å²) in [5.41, 5.74) is 5.12. The highest BCUT2D eigenvalue weighted by Gasteiger charge is 2.02. The number of hydrogen-bond donors (Lipinski definition) is 4. The van der Waals surface area contributed by atoms with Gasteiger partial charge in [0.2, 0.25) is 0 Å². The minimum absolute atomic E-state index is 0.127. The Labute approximate surface area is 74.8 Å². The van der Waals surface area contributed by atoms with Gasteiger partial charge in [-0.3, -0.25) is 4.79 Å². The number of hydrogen-bond acceptors (Lipinski definition) is 5. The van der Waals surface area contributed by atoms with Gasteiger partial charge in [-0.1, -0.05) is 0 Å². The number of rotatable bonds is 4. The zero-order chi connectivity index (χ0) is 9.68. The third-order valence-electron chi connectivity index (χ3n) is 1.47. The standard InChI is InChI=1S/C7H12N4O2/c8-5(4-12)3-11-6-7(13)10-2-1-9-6/h1-2,5,12H,3-4,8H2,(H,9,11)(H,10,13). The number of aliphatic hydroxyl groups is 1. The molecule has 5 N–H and O–H groups in total. The van der Waals surface area contributed by atoms with Crippen LogP contribution in [-0.2, 0) is 0 Å². The van der Waals surface area contributed by atoms with Gasteiger partial charge in [-0.05, 0) is 0 Å². The fourth-order valence-electron chi connectivity index (χ4n) is 0.770. The number of H-pyrrole nitrogens is 1. The molecule has 6 nitrogen and oxygen atoms in total. The Bertz CT molecular complexity index is 311. The summed E-state index contributed by atoms with van der Waals surface area (Å²) in [7, 11) is 0. The zero-order valence-electron chi connectivity index (χ0n) is 7.03. The molecule has 1 aromatic rings. The van der Waals surface area contributed by atoms with Gasteiger partial charge in [0.05, 0.1) is 6.61 Å². The molecule has 0 saturated heterocycles. The molecule has 0 aliphatic heterocycles. The summed E-state index contributed by atoms with van der Waals surface area (Å²) in [6.07, 6.45) is 2.91. The molecule has 72 valence electrons. The Morgan fingerprint density at radius 3 is 3.15 bits per heavy atom. The van der Waals surface area contributed by atoms with E-state index in [1.54, 1.807) is 0 Å². The van der Waals surface area contributed by atoms with E-state index in [1.807, 2.05) is 0 Å². The number of nitrogens with two attached hydrogens (primary N) is 1. The molecule has 1 atom stereocenters. The molecule has 1 aromatic heterocycles. The largest absolute Gasteiger partial charge is 0.395 e. The van der Waals surface area contributed by atoms with Crippen LogP contribution >= 0.6 is 0 Å². The molecule has 1 rings (SSSR count). The first-order chi connectivity index (χ1) is 6.24. The van der Waals surface area contributed by atoms with Crippen LogP contribution in [0.25, 0.3) is 0 Å². The second kappa shape index (κ2) is 4.58. The molecule has 0 aliphatic carbocycles. The summed E-state index contributed by atoms with van der Waals surface area (Å²) in [4.78, 5) is 17.3. The molecule has 0 spiro atoms. The van der Waals surface area contributed by atoms with Crippen molar-refractivity contribution in [2.24, 2.45) is 5.73 Å². The molecule has 0 radical (unpaired) electrons. The van der Waals surface area contributed by atoms with E-state index in [1.165, 1.54) is 12.4 Å². The normalized spacial score (nSPS) is 12.5. The van der Waals surface area contributed by atoms with Crippen molar-refractivity contribution < 1.29 is 5.11 Å². The van der Waals surface area contributed by atoms with Crippen molar-refractivity contribution in [2.75, 3.05) is 18.5 Å². The van der Waals surface area contributed by atoms with Crippen LogP contribution in [0.4, 0.5) is 5.82 Å². The molecule has 1 heterocycles. The van der Waals surface area contributed by atoms with Crippen LogP contribution in [0, 0.1) is 0 Å². The first-order valence-corrected chi connectivity index (χ1v) is 3.88. The van der Waals surface area contributed by atoms with Crippen molar-refractivity contribution in [3.05, 3.63) is 22.7 Å². The van der Waals surface area contributed by atoms with Crippen LogP contribution in [0.3, 0.4) is 0 Å². The molecule has 6 heteroatoms. The molecule has 0 aromatic carbocycles. The lowest BCUT2D eigenvalue weighted by molar-refractivity contribution is 0.270. The van der Waals surface area contributed by atoms with Gasteiger partial charge >= 0.3 is 0 Å². The highest BCUT2D eigenvalue weighted by atomic mass is 16.3. The number of anilines is 1. The predicted molar refractivity (Wildman–Crippen MR) is 48.4 cm³/mol. The van der Waals surface area contributed by atoms with Gasteiger partial charge in [-0.2, -0.15) is 0 Å². The van der Waals surface area contributed by atoms with Gasteiger partial charge < -0.3 is 21.1 Å². The minimum Gasteiger partial charge on any atom is -0.395 e. The van der Waals surface area contributed by atoms with Crippen molar-refractivity contribution >= 4 is 5.82 Å². The number of aromatic nitrogens is 2. The molecule has 0 bridgehead atoms. The van der Waals surface area contributed by atoms with Gasteiger partial charge in [0, 0.05) is 25.0 Å². The molecule has 1 unspecified atom stereocenters. The average molecular weight is 184 g/mol. The molecule has 13 heavy (non-hydrogen) atoms. The maximum atomic E-state index is 11.0. The Balaban J connectivity index is 2.55. The number of aliphatic hydroxyl groups excluding tert-OH is 1. The van der Waals surface area contributed by atoms with E-state index in [-0.39, 0.29) is 24.0 Å². The summed E-state index contributed by atoms with van der Waals surface area (Å²) < 4.78 is 0.